The zero-order valence-corrected chi connectivity index (χ0v) is 53.0. The number of hydrogen-bond donors (Lipinski definition) is 6. The molecule has 22 heteroatoms. The van der Waals surface area contributed by atoms with E-state index < -0.39 is 51.4 Å². The summed E-state index contributed by atoms with van der Waals surface area (Å²) >= 11 is 0. The van der Waals surface area contributed by atoms with Crippen LogP contribution in [0.5, 0.6) is 11.5 Å². The van der Waals surface area contributed by atoms with Gasteiger partial charge in [-0.25, -0.2) is 22.3 Å². The molecule has 17 nitrogen and oxygen atoms in total. The lowest BCUT2D eigenvalue weighted by atomic mass is 9.73. The van der Waals surface area contributed by atoms with Crippen molar-refractivity contribution in [2.24, 2.45) is 35.5 Å². The molecule has 1 unspecified atom stereocenters. The van der Waals surface area contributed by atoms with Crippen LogP contribution < -0.4 is 19.7 Å². The molecule has 0 radical (unpaired) electrons. The molecular formula is C65H101F3N2O15P2. The minimum Gasteiger partial charge on any atom is -0.404 e. The molecule has 6 saturated carbocycles. The maximum absolute atomic E-state index is 14.2. The van der Waals surface area contributed by atoms with Gasteiger partial charge in [-0.05, 0) is 91.7 Å². The zero-order chi connectivity index (χ0) is 62.9. The van der Waals surface area contributed by atoms with Crippen LogP contribution in [-0.2, 0) is 42.6 Å². The first kappa shape index (κ1) is 73.7. The number of halogens is 3. The molecule has 1 atom stereocenters. The van der Waals surface area contributed by atoms with Crippen molar-refractivity contribution in [3.8, 4) is 11.5 Å². The summed E-state index contributed by atoms with van der Waals surface area (Å²) in [6, 6.07) is 7.65. The molecule has 6 fully saturated rings. The molecule has 0 spiro atoms. The Hall–Kier alpha value is -4.00. The van der Waals surface area contributed by atoms with Gasteiger partial charge in [0, 0.05) is 49.9 Å². The smallest absolute Gasteiger partial charge is 0.404 e. The van der Waals surface area contributed by atoms with Crippen molar-refractivity contribution in [3.05, 3.63) is 53.6 Å². The first-order valence-electron chi connectivity index (χ1n) is 32.7. The number of carbonyl (C=O) groups excluding carboxylic acids is 5. The van der Waals surface area contributed by atoms with E-state index in [4.69, 9.17) is 29.0 Å². The number of anilines is 1. The Morgan fingerprint density at radius 3 is 1.39 bits per heavy atom. The molecule has 0 saturated heterocycles. The minimum absolute atomic E-state index is 0.0295. The van der Waals surface area contributed by atoms with Crippen LogP contribution in [0.15, 0.2) is 42.5 Å². The largest absolute Gasteiger partial charge is 0.524 e. The van der Waals surface area contributed by atoms with E-state index in [0.29, 0.717) is 38.4 Å². The number of hydrogen-bond acceptors (Lipinski definition) is 11. The predicted molar refractivity (Wildman–Crippen MR) is 328 cm³/mol. The SMILES string of the molecule is C1CCC(C2CCCCC2)CC1.C1CCC(C2CCCCC2)CC1.O=C(CCC(=O)Nc1ccc(OP(=O)(O)O)c(C(F)F)c1)CC(=O)C1CCCCC1.O=C(CCCOCCOCCNC(=O)C(F)c1ccc(OP(=O)(O)O)cc1)C1CCCCC1. The van der Waals surface area contributed by atoms with E-state index in [1.165, 1.54) is 108 Å². The van der Waals surface area contributed by atoms with Gasteiger partial charge < -0.3 is 29.2 Å². The lowest BCUT2D eigenvalue weighted by Crippen LogP contribution is -2.30. The lowest BCUT2D eigenvalue weighted by molar-refractivity contribution is -0.131. The van der Waals surface area contributed by atoms with Crippen molar-refractivity contribution in [2.75, 3.05) is 38.3 Å². The molecule has 6 aliphatic carbocycles. The van der Waals surface area contributed by atoms with Gasteiger partial charge in [-0.3, -0.25) is 43.5 Å². The molecule has 2 amide bonds. The molecule has 492 valence electrons. The van der Waals surface area contributed by atoms with E-state index in [2.05, 4.69) is 19.7 Å². The number of nitrogens with one attached hydrogen (secondary N) is 2. The summed E-state index contributed by atoms with van der Waals surface area (Å²) in [6.07, 6.45) is 36.7. The standard InChI is InChI=1S/C22H33FNO8P.C19H24F2NO7P.2C12H22/c23-21(18-8-10-19(11-9-18)32-33(27,28)29)22(26)24-12-14-31-16-15-30-13-4-7-20(25)17-5-2-1-3-6-17;20-19(21)15-10-13(6-8-17(15)29-30(26,27)28)22-18(25)9-7-14(23)11-16(24)12-4-2-1-3-5-12;2*1-3-7-11(8-4-1)12-9-5-2-6-10-12/h8-11,17,21H,1-7,12-16H2,(H,24,26)(H2,27,28,29);6,8,10,12,19H,1-5,7,9,11H2,(H,22,25)(H2,26,27,28);2*11-12H,1-10H2. The Bertz CT molecular complexity index is 2360. The first-order valence-corrected chi connectivity index (χ1v) is 35.8. The van der Waals surface area contributed by atoms with Crippen molar-refractivity contribution in [2.45, 2.75) is 237 Å². The van der Waals surface area contributed by atoms with Gasteiger partial charge in [-0.2, -0.15) is 0 Å². The fraction of sp³-hybridized carbons (Fsp3) is 0.738. The average Bonchev–Trinajstić information content (AvgIpc) is 2.72. The van der Waals surface area contributed by atoms with Gasteiger partial charge >= 0.3 is 15.6 Å². The molecule has 0 heterocycles. The molecule has 0 aliphatic heterocycles. The van der Waals surface area contributed by atoms with Crippen molar-refractivity contribution in [3.63, 3.8) is 0 Å². The molecule has 0 aromatic heterocycles. The number of rotatable bonds is 27. The van der Waals surface area contributed by atoms with E-state index in [0.717, 1.165) is 99.7 Å². The number of benzene rings is 2. The highest BCUT2D eigenvalue weighted by Crippen LogP contribution is 2.44. The highest BCUT2D eigenvalue weighted by molar-refractivity contribution is 7.47. The molecule has 6 aliphatic rings. The molecular weight excluding hydrogens is 1170 g/mol. The number of carbonyl (C=O) groups is 5. The average molecular weight is 1270 g/mol. The van der Waals surface area contributed by atoms with Crippen LogP contribution in [0.2, 0.25) is 0 Å². The van der Waals surface area contributed by atoms with Crippen molar-refractivity contribution >= 4 is 50.5 Å². The van der Waals surface area contributed by atoms with Gasteiger partial charge in [-0.1, -0.05) is 179 Å². The van der Waals surface area contributed by atoms with Crippen LogP contribution in [0.25, 0.3) is 0 Å². The fourth-order valence-electron chi connectivity index (χ4n) is 13.4. The highest BCUT2D eigenvalue weighted by Gasteiger charge is 2.29. The lowest BCUT2D eigenvalue weighted by Gasteiger charge is -2.32. The molecule has 2 aromatic rings. The third-order valence-corrected chi connectivity index (χ3v) is 18.9. The summed E-state index contributed by atoms with van der Waals surface area (Å²) in [4.78, 5) is 95.1. The van der Waals surface area contributed by atoms with Crippen molar-refractivity contribution < 1.29 is 84.4 Å². The third kappa shape index (κ3) is 30.6. The summed E-state index contributed by atoms with van der Waals surface area (Å²) in [5, 5.41) is 4.76. The number of amides is 2. The van der Waals surface area contributed by atoms with Crippen molar-refractivity contribution in [1.29, 1.82) is 0 Å². The summed E-state index contributed by atoms with van der Waals surface area (Å²) < 4.78 is 81.5. The van der Waals surface area contributed by atoms with Crippen molar-refractivity contribution in [1.82, 2.24) is 5.32 Å². The number of phosphoric acid groups is 2. The van der Waals surface area contributed by atoms with Gasteiger partial charge in [0.15, 0.2) is 0 Å². The van der Waals surface area contributed by atoms with Crippen LogP contribution in [0.4, 0.5) is 18.9 Å². The number of ketones is 3. The molecule has 0 bridgehead atoms. The van der Waals surface area contributed by atoms with Crippen LogP contribution in [-0.4, -0.2) is 81.7 Å². The van der Waals surface area contributed by atoms with Gasteiger partial charge in [0.05, 0.1) is 31.8 Å². The number of Topliss-reactive ketones (excluding diaryl/α,β-unsaturated/α-hetero) is 3. The van der Waals surface area contributed by atoms with E-state index in [1.807, 2.05) is 0 Å². The van der Waals surface area contributed by atoms with Crippen LogP contribution in [0.3, 0.4) is 0 Å². The topological polar surface area (TPSA) is 261 Å². The molecule has 6 N–H and O–H groups in total. The Morgan fingerprint density at radius 1 is 0.506 bits per heavy atom. The predicted octanol–water partition coefficient (Wildman–Crippen LogP) is 15.5. The number of alkyl halides is 3. The van der Waals surface area contributed by atoms with Crippen LogP contribution in [0.1, 0.15) is 248 Å². The maximum atomic E-state index is 14.2. The normalized spacial score (nSPS) is 19.2. The fourth-order valence-corrected chi connectivity index (χ4v) is 14.2. The quantitative estimate of drug-likeness (QED) is 0.0276. The zero-order valence-electron chi connectivity index (χ0n) is 51.3. The molecule has 8 rings (SSSR count). The molecule has 87 heavy (non-hydrogen) atoms. The van der Waals surface area contributed by atoms with Crippen LogP contribution >= 0.6 is 15.6 Å². The first-order chi connectivity index (χ1) is 41.7. The second-order valence-corrected chi connectivity index (χ2v) is 27.1. The summed E-state index contributed by atoms with van der Waals surface area (Å²) in [6.45, 7) is 1.51. The molecule has 2 aromatic carbocycles. The van der Waals surface area contributed by atoms with Gasteiger partial charge in [0.2, 0.25) is 12.1 Å². The Labute approximate surface area is 514 Å². The van der Waals surface area contributed by atoms with E-state index >= 15 is 0 Å². The van der Waals surface area contributed by atoms with E-state index in [-0.39, 0.29) is 72.8 Å². The Kier molecular flexibility index (Phi) is 34.5. The second-order valence-electron chi connectivity index (χ2n) is 24.7. The summed E-state index contributed by atoms with van der Waals surface area (Å²) in [5.41, 5.74) is -0.814. The maximum Gasteiger partial charge on any atom is 0.524 e. The van der Waals surface area contributed by atoms with E-state index in [9.17, 15) is 46.3 Å². The second kappa shape index (κ2) is 40.7. The number of phosphoric ester groups is 2. The minimum atomic E-state index is -5.03. The third-order valence-electron chi connectivity index (χ3n) is 18.1. The van der Waals surface area contributed by atoms with Gasteiger partial charge in [0.25, 0.3) is 12.3 Å². The van der Waals surface area contributed by atoms with E-state index in [1.54, 1.807) is 51.4 Å². The summed E-state index contributed by atoms with van der Waals surface area (Å²) in [7, 11) is -9.72. The van der Waals surface area contributed by atoms with Crippen LogP contribution in [0, 0.1) is 35.5 Å². The summed E-state index contributed by atoms with van der Waals surface area (Å²) in [5.74, 6) is 2.32. The highest BCUT2D eigenvalue weighted by atomic mass is 31.2. The number of ether oxygens (including phenoxy) is 2. The Balaban J connectivity index is 0.000000231. The van der Waals surface area contributed by atoms with Gasteiger partial charge in [0.1, 0.15) is 28.8 Å². The monoisotopic (exact) mass is 1270 g/mol. The Morgan fingerprint density at radius 2 is 0.943 bits per heavy atom. The van der Waals surface area contributed by atoms with Gasteiger partial charge in [-0.15, -0.1) is 0 Å².